The van der Waals surface area contributed by atoms with E-state index in [4.69, 9.17) is 4.74 Å². The predicted molar refractivity (Wildman–Crippen MR) is 108 cm³/mol. The molecule has 5 fully saturated rings. The summed E-state index contributed by atoms with van der Waals surface area (Å²) in [4.78, 5) is 2.68. The van der Waals surface area contributed by atoms with E-state index < -0.39 is 6.17 Å². The molecule has 0 aromatic carbocycles. The number of halogens is 1. The highest BCUT2D eigenvalue weighted by atomic mass is 19.1. The lowest BCUT2D eigenvalue weighted by Gasteiger charge is -2.50. The van der Waals surface area contributed by atoms with Crippen molar-refractivity contribution in [3.63, 3.8) is 0 Å². The van der Waals surface area contributed by atoms with Crippen molar-refractivity contribution in [2.75, 3.05) is 19.8 Å². The highest BCUT2D eigenvalue weighted by molar-refractivity contribution is 5.03. The number of nitrogens with one attached hydrogen (secondary N) is 4. The van der Waals surface area contributed by atoms with Gasteiger partial charge in [0.15, 0.2) is 0 Å². The third kappa shape index (κ3) is 3.86. The summed E-state index contributed by atoms with van der Waals surface area (Å²) >= 11 is 0. The van der Waals surface area contributed by atoms with Crippen LogP contribution in [0.15, 0.2) is 0 Å². The number of rotatable bonds is 0. The van der Waals surface area contributed by atoms with E-state index in [9.17, 15) is 4.39 Å². The van der Waals surface area contributed by atoms with Crippen LogP contribution in [0.1, 0.15) is 58.3 Å². The zero-order chi connectivity index (χ0) is 19.1. The first-order valence-corrected chi connectivity index (χ1v) is 11.7. The summed E-state index contributed by atoms with van der Waals surface area (Å²) in [5.41, 5.74) is 0. The van der Waals surface area contributed by atoms with Gasteiger partial charge in [-0.25, -0.2) is 4.39 Å². The first-order chi connectivity index (χ1) is 13.7. The van der Waals surface area contributed by atoms with E-state index in [0.29, 0.717) is 49.1 Å². The van der Waals surface area contributed by atoms with Crippen molar-refractivity contribution in [2.24, 2.45) is 5.92 Å². The average Bonchev–Trinajstić information content (AvgIpc) is 3.18. The summed E-state index contributed by atoms with van der Waals surface area (Å²) in [6.45, 7) is 5.03. The number of fused-ring (bicyclic) bond motifs is 5. The summed E-state index contributed by atoms with van der Waals surface area (Å²) in [5.74, 6) is 0.341. The maximum absolute atomic E-state index is 14.4. The number of piperidine rings is 1. The molecule has 5 aliphatic rings. The third-order valence-corrected chi connectivity index (χ3v) is 7.97. The van der Waals surface area contributed by atoms with E-state index in [1.54, 1.807) is 0 Å². The van der Waals surface area contributed by atoms with Crippen LogP contribution >= 0.6 is 0 Å². The van der Waals surface area contributed by atoms with Gasteiger partial charge in [-0.3, -0.25) is 26.2 Å². The largest absolute Gasteiger partial charge is 0.378 e. The molecule has 0 spiro atoms. The highest BCUT2D eigenvalue weighted by Gasteiger charge is 2.46. The van der Waals surface area contributed by atoms with Crippen LogP contribution in [-0.4, -0.2) is 73.5 Å². The second-order valence-electron chi connectivity index (χ2n) is 9.74. The van der Waals surface area contributed by atoms with Gasteiger partial charge >= 0.3 is 0 Å². The van der Waals surface area contributed by atoms with Gasteiger partial charge in [-0.2, -0.15) is 0 Å². The van der Waals surface area contributed by atoms with Crippen LogP contribution in [0.3, 0.4) is 0 Å². The lowest BCUT2D eigenvalue weighted by molar-refractivity contribution is -0.0632. The van der Waals surface area contributed by atoms with Gasteiger partial charge in [0, 0.05) is 37.3 Å². The van der Waals surface area contributed by atoms with Crippen LogP contribution < -0.4 is 21.3 Å². The van der Waals surface area contributed by atoms with Crippen molar-refractivity contribution in [3.8, 4) is 0 Å². The molecule has 5 rings (SSSR count). The minimum Gasteiger partial charge on any atom is -0.378 e. The standard InChI is InChI=1S/C21H38FN5O/c1-13-8-10-28-18-6-4-14(22)11-15(18)17-3-2-9-27(17)19-7-5-16-20(26-19)21(25-13)24-12-23-16/h13-21,23-26H,2-12H2,1H3/t13-,14?,15?,16?,17-,18?,19?,20?,21?/m1/s1. The topological polar surface area (TPSA) is 60.6 Å². The van der Waals surface area contributed by atoms with Gasteiger partial charge in [0.25, 0.3) is 0 Å². The number of hydrogen-bond acceptors (Lipinski definition) is 6. The molecule has 4 N–H and O–H groups in total. The van der Waals surface area contributed by atoms with Crippen molar-refractivity contribution in [2.45, 2.75) is 107 Å². The zero-order valence-electron chi connectivity index (χ0n) is 17.2. The fraction of sp³-hybridized carbons (Fsp3) is 1.00. The second-order valence-corrected chi connectivity index (χ2v) is 9.74. The molecular formula is C21H38FN5O. The number of ether oxygens (including phenoxy) is 1. The number of nitrogens with zero attached hydrogens (tertiary/aromatic N) is 1. The third-order valence-electron chi connectivity index (χ3n) is 7.97. The average molecular weight is 396 g/mol. The SMILES string of the molecule is C[C@@H]1CCOC2CCC(F)CC2[C@H]2CCCN2C2CCC3NCNC(N1)C3N2. The molecule has 7 unspecified atom stereocenters. The Morgan fingerprint density at radius 2 is 1.93 bits per heavy atom. The van der Waals surface area contributed by atoms with Crippen LogP contribution in [-0.2, 0) is 4.74 Å². The van der Waals surface area contributed by atoms with Crippen molar-refractivity contribution in [1.82, 2.24) is 26.2 Å². The summed E-state index contributed by atoms with van der Waals surface area (Å²) < 4.78 is 20.8. The molecule has 4 saturated heterocycles. The van der Waals surface area contributed by atoms with Crippen molar-refractivity contribution in [1.29, 1.82) is 0 Å². The first kappa shape index (κ1) is 19.6. The van der Waals surface area contributed by atoms with Gasteiger partial charge in [-0.15, -0.1) is 0 Å². The van der Waals surface area contributed by atoms with E-state index in [1.807, 2.05) is 0 Å². The second kappa shape index (κ2) is 8.44. The molecule has 160 valence electrons. The Morgan fingerprint density at radius 3 is 2.86 bits per heavy atom. The van der Waals surface area contributed by atoms with Crippen LogP contribution in [0.2, 0.25) is 0 Å². The lowest BCUT2D eigenvalue weighted by Crippen LogP contribution is -2.75. The monoisotopic (exact) mass is 395 g/mol. The van der Waals surface area contributed by atoms with E-state index in [2.05, 4.69) is 33.1 Å². The quantitative estimate of drug-likeness (QED) is 0.496. The van der Waals surface area contributed by atoms with Crippen LogP contribution in [0.25, 0.3) is 0 Å². The molecule has 0 aromatic rings. The van der Waals surface area contributed by atoms with Crippen molar-refractivity contribution < 1.29 is 9.13 Å². The predicted octanol–water partition coefficient (Wildman–Crippen LogP) is 1.28. The fourth-order valence-corrected chi connectivity index (χ4v) is 6.53. The van der Waals surface area contributed by atoms with E-state index in [-0.39, 0.29) is 12.3 Å². The Labute approximate surface area is 168 Å². The Kier molecular flexibility index (Phi) is 5.92. The Bertz CT molecular complexity index is 539. The van der Waals surface area contributed by atoms with Gasteiger partial charge in [0.2, 0.25) is 0 Å². The minimum absolute atomic E-state index is 0.226. The summed E-state index contributed by atoms with van der Waals surface area (Å²) in [7, 11) is 0. The highest BCUT2D eigenvalue weighted by Crippen LogP contribution is 2.39. The molecule has 1 saturated carbocycles. The Morgan fingerprint density at radius 1 is 1.00 bits per heavy atom. The summed E-state index contributed by atoms with van der Waals surface area (Å²) in [6, 6.07) is 1.76. The smallest absolute Gasteiger partial charge is 0.101 e. The molecule has 0 aromatic heterocycles. The van der Waals surface area contributed by atoms with Gasteiger partial charge in [0.1, 0.15) is 6.17 Å². The zero-order valence-corrected chi connectivity index (χ0v) is 17.2. The molecule has 6 nitrogen and oxygen atoms in total. The molecule has 7 heteroatoms. The van der Waals surface area contributed by atoms with Gasteiger partial charge < -0.3 is 4.74 Å². The van der Waals surface area contributed by atoms with Crippen molar-refractivity contribution >= 4 is 0 Å². The first-order valence-electron chi connectivity index (χ1n) is 11.7. The maximum Gasteiger partial charge on any atom is 0.101 e. The molecule has 2 bridgehead atoms. The van der Waals surface area contributed by atoms with Gasteiger partial charge in [0.05, 0.1) is 24.5 Å². The normalized spacial score (nSPS) is 50.6. The summed E-state index contributed by atoms with van der Waals surface area (Å²) in [5, 5.41) is 15.1. The van der Waals surface area contributed by atoms with E-state index >= 15 is 0 Å². The number of alkyl halides is 1. The minimum atomic E-state index is -0.650. The maximum atomic E-state index is 14.4. The Hall–Kier alpha value is -0.310. The van der Waals surface area contributed by atoms with Crippen LogP contribution in [0.4, 0.5) is 4.39 Å². The Balaban J connectivity index is 1.41. The van der Waals surface area contributed by atoms with Crippen molar-refractivity contribution in [3.05, 3.63) is 0 Å². The molecule has 0 radical (unpaired) electrons. The fourth-order valence-electron chi connectivity index (χ4n) is 6.53. The summed E-state index contributed by atoms with van der Waals surface area (Å²) in [6.07, 6.45) is 8.30. The molecular weight excluding hydrogens is 357 g/mol. The molecule has 4 heterocycles. The molecule has 9 atom stereocenters. The van der Waals surface area contributed by atoms with E-state index in [1.165, 1.54) is 25.7 Å². The molecule has 4 aliphatic heterocycles. The molecule has 1 aliphatic carbocycles. The van der Waals surface area contributed by atoms with Crippen LogP contribution in [0.5, 0.6) is 0 Å². The van der Waals surface area contributed by atoms with Crippen LogP contribution in [0, 0.1) is 5.92 Å². The van der Waals surface area contributed by atoms with E-state index in [0.717, 1.165) is 32.7 Å². The molecule has 28 heavy (non-hydrogen) atoms. The van der Waals surface area contributed by atoms with Gasteiger partial charge in [-0.05, 0) is 64.8 Å². The van der Waals surface area contributed by atoms with Gasteiger partial charge in [-0.1, -0.05) is 0 Å². The molecule has 0 amide bonds. The number of hydrogen-bond donors (Lipinski definition) is 4. The lowest BCUT2D eigenvalue weighted by atomic mass is 9.79.